The lowest BCUT2D eigenvalue weighted by Crippen LogP contribution is -2.59. The summed E-state index contributed by atoms with van der Waals surface area (Å²) in [7, 11) is 0. The molecule has 0 fully saturated rings. The van der Waals surface area contributed by atoms with E-state index in [9.17, 15) is 33.6 Å². The third-order valence-corrected chi connectivity index (χ3v) is 5.94. The van der Waals surface area contributed by atoms with Crippen molar-refractivity contribution in [3.63, 3.8) is 0 Å². The molecule has 16 nitrogen and oxygen atoms in total. The molecule has 5 unspecified atom stereocenters. The number of rotatable bonds is 19. The second-order valence-corrected chi connectivity index (χ2v) is 9.36. The molecule has 38 heavy (non-hydrogen) atoms. The van der Waals surface area contributed by atoms with Crippen LogP contribution in [0.15, 0.2) is 0 Å². The van der Waals surface area contributed by atoms with Crippen molar-refractivity contribution in [2.75, 3.05) is 24.4 Å². The number of carboxylic acid groups (broad SMARTS) is 1. The van der Waals surface area contributed by atoms with Crippen LogP contribution in [0.4, 0.5) is 0 Å². The fraction of sp³-hybridized carbons (Fsp3) is 0.650. The van der Waals surface area contributed by atoms with Gasteiger partial charge >= 0.3 is 5.97 Å². The maximum Gasteiger partial charge on any atom is 0.328 e. The van der Waals surface area contributed by atoms with E-state index < -0.39 is 84.6 Å². The Balaban J connectivity index is 5.55. The predicted octanol–water partition coefficient (Wildman–Crippen LogP) is -4.85. The molecule has 0 aliphatic carbocycles. The number of aliphatic carboxylic acids is 1. The van der Waals surface area contributed by atoms with Crippen LogP contribution >= 0.6 is 24.4 Å². The topological polar surface area (TPSA) is 286 Å². The summed E-state index contributed by atoms with van der Waals surface area (Å²) in [6.45, 7) is -0.965. The highest BCUT2D eigenvalue weighted by Crippen LogP contribution is 2.04. The number of carbonyl (C=O) groups is 7. The minimum Gasteiger partial charge on any atom is -0.480 e. The smallest absolute Gasteiger partial charge is 0.328 e. The highest BCUT2D eigenvalue weighted by atomic mass is 32.2. The monoisotopic (exact) mass is 581 g/mol. The van der Waals surface area contributed by atoms with Gasteiger partial charge < -0.3 is 48.7 Å². The van der Waals surface area contributed by atoms with Crippen LogP contribution < -0.4 is 38.5 Å². The van der Waals surface area contributed by atoms with Gasteiger partial charge in [0.1, 0.15) is 24.2 Å². The first-order valence-electron chi connectivity index (χ1n) is 11.2. The zero-order valence-corrected chi connectivity index (χ0v) is 22.4. The zero-order chi connectivity index (χ0) is 29.4. The van der Waals surface area contributed by atoms with E-state index in [1.165, 1.54) is 11.8 Å². The number of aliphatic hydroxyl groups is 1. The van der Waals surface area contributed by atoms with E-state index in [1.807, 2.05) is 11.6 Å². The number of nitrogens with two attached hydrogens (primary N) is 3. The third kappa shape index (κ3) is 13.5. The van der Waals surface area contributed by atoms with Gasteiger partial charge in [-0.3, -0.25) is 28.8 Å². The Bertz CT molecular complexity index is 878. The molecule has 0 rings (SSSR count). The lowest BCUT2D eigenvalue weighted by molar-refractivity contribution is -0.143. The normalized spacial score (nSPS) is 14.6. The number of hydrogen-bond donors (Lipinski definition) is 10. The molecule has 0 aromatic heterocycles. The molecule has 0 saturated heterocycles. The van der Waals surface area contributed by atoms with Crippen LogP contribution in [0.3, 0.4) is 0 Å². The molecule has 0 saturated carbocycles. The predicted molar refractivity (Wildman–Crippen MR) is 140 cm³/mol. The minimum absolute atomic E-state index is 0.201. The third-order valence-electron chi connectivity index (χ3n) is 4.93. The zero-order valence-electron chi connectivity index (χ0n) is 20.7. The van der Waals surface area contributed by atoms with Gasteiger partial charge in [-0.25, -0.2) is 4.79 Å². The van der Waals surface area contributed by atoms with Gasteiger partial charge in [-0.1, -0.05) is 0 Å². The molecule has 0 bridgehead atoms. The van der Waals surface area contributed by atoms with E-state index in [1.54, 1.807) is 0 Å². The summed E-state index contributed by atoms with van der Waals surface area (Å²) in [6, 6.07) is -6.99. The van der Waals surface area contributed by atoms with Crippen LogP contribution in [-0.4, -0.2) is 106 Å². The second-order valence-electron chi connectivity index (χ2n) is 8.01. The summed E-state index contributed by atoms with van der Waals surface area (Å²) in [6.07, 6.45) is 0.945. The standard InChI is InChI=1S/C20H35N7O9S2/c1-38-5-4-9(21)16(31)24-10(2-3-14(22)29)17(32)27-13(8-37)19(34)25-11(6-15(23)30)18(33)26-12(7-28)20(35)36/h9-13,28,37H,2-8,21H2,1H3,(H2,22,29)(H2,23,30)(H,24,31)(H,25,34)(H,26,33)(H,27,32)(H,35,36). The fourth-order valence-corrected chi connectivity index (χ4v) is 3.56. The lowest BCUT2D eigenvalue weighted by Gasteiger charge is -2.25. The molecule has 5 atom stereocenters. The van der Waals surface area contributed by atoms with Gasteiger partial charge in [0.25, 0.3) is 0 Å². The molecule has 0 heterocycles. The van der Waals surface area contributed by atoms with E-state index >= 15 is 0 Å². The summed E-state index contributed by atoms with van der Waals surface area (Å²) in [5.41, 5.74) is 16.1. The van der Waals surface area contributed by atoms with Crippen LogP contribution in [0.2, 0.25) is 0 Å². The van der Waals surface area contributed by atoms with Gasteiger partial charge in [-0.15, -0.1) is 0 Å². The fourth-order valence-electron chi connectivity index (χ4n) is 2.82. The van der Waals surface area contributed by atoms with Crippen molar-refractivity contribution in [2.45, 2.75) is 55.9 Å². The van der Waals surface area contributed by atoms with Crippen LogP contribution in [0, 0.1) is 0 Å². The molecule has 0 aromatic carbocycles. The summed E-state index contributed by atoms with van der Waals surface area (Å²) in [5, 5.41) is 26.9. The Morgan fingerprint density at radius 1 is 0.789 bits per heavy atom. The molecule has 12 N–H and O–H groups in total. The number of carboxylic acids is 1. The van der Waals surface area contributed by atoms with Crippen molar-refractivity contribution >= 4 is 65.8 Å². The van der Waals surface area contributed by atoms with Gasteiger partial charge in [0.2, 0.25) is 35.4 Å². The molecule has 0 aliphatic heterocycles. The first kappa shape index (κ1) is 34.9. The highest BCUT2D eigenvalue weighted by molar-refractivity contribution is 7.98. The number of carbonyl (C=O) groups excluding carboxylic acids is 6. The van der Waals surface area contributed by atoms with Gasteiger partial charge in [-0.2, -0.15) is 24.4 Å². The average molecular weight is 582 g/mol. The Hall–Kier alpha value is -3.09. The summed E-state index contributed by atoms with van der Waals surface area (Å²) in [4.78, 5) is 84.2. The van der Waals surface area contributed by atoms with Gasteiger partial charge in [0.05, 0.1) is 19.1 Å². The van der Waals surface area contributed by atoms with Crippen LogP contribution in [0.5, 0.6) is 0 Å². The molecule has 216 valence electrons. The van der Waals surface area contributed by atoms with Gasteiger partial charge in [0, 0.05) is 12.2 Å². The van der Waals surface area contributed by atoms with E-state index in [4.69, 9.17) is 27.4 Å². The van der Waals surface area contributed by atoms with Crippen LogP contribution in [-0.2, 0) is 33.6 Å². The number of thioether (sulfide) groups is 1. The Labute approximate surface area is 228 Å². The molecular weight excluding hydrogens is 546 g/mol. The molecular formula is C20H35N7O9S2. The maximum absolute atomic E-state index is 12.9. The van der Waals surface area contributed by atoms with Gasteiger partial charge in [0.15, 0.2) is 0 Å². The van der Waals surface area contributed by atoms with Crippen molar-refractivity contribution in [3.8, 4) is 0 Å². The van der Waals surface area contributed by atoms with Crippen molar-refractivity contribution in [1.29, 1.82) is 0 Å². The number of primary amides is 2. The van der Waals surface area contributed by atoms with Crippen LogP contribution in [0.25, 0.3) is 0 Å². The SMILES string of the molecule is CSCCC(N)C(=O)NC(CCC(N)=O)C(=O)NC(CS)C(=O)NC(CC(N)=O)C(=O)NC(CO)C(=O)O. The van der Waals surface area contributed by atoms with E-state index in [0.717, 1.165) is 0 Å². The molecule has 6 amide bonds. The molecule has 0 aromatic rings. The first-order valence-corrected chi connectivity index (χ1v) is 13.3. The van der Waals surface area contributed by atoms with Crippen molar-refractivity contribution < 1.29 is 43.8 Å². The largest absolute Gasteiger partial charge is 0.480 e. The minimum atomic E-state index is -1.72. The van der Waals surface area contributed by atoms with E-state index in [-0.39, 0.29) is 18.6 Å². The number of aliphatic hydroxyl groups excluding tert-OH is 1. The quantitative estimate of drug-likeness (QED) is 0.0645. The maximum atomic E-state index is 12.9. The molecule has 0 aliphatic rings. The van der Waals surface area contributed by atoms with E-state index in [2.05, 4.69) is 28.6 Å². The van der Waals surface area contributed by atoms with Crippen LogP contribution in [0.1, 0.15) is 25.7 Å². The number of amides is 6. The second kappa shape index (κ2) is 18.2. The molecule has 18 heteroatoms. The number of hydrogen-bond acceptors (Lipinski definition) is 11. The summed E-state index contributed by atoms with van der Waals surface area (Å²) in [5.74, 6) is -6.71. The van der Waals surface area contributed by atoms with Crippen molar-refractivity contribution in [1.82, 2.24) is 21.3 Å². The lowest BCUT2D eigenvalue weighted by atomic mass is 10.1. The number of thiol groups is 1. The Morgan fingerprint density at radius 2 is 1.29 bits per heavy atom. The molecule has 0 spiro atoms. The average Bonchev–Trinajstić information content (AvgIpc) is 2.84. The Kier molecular flexibility index (Phi) is 16.7. The van der Waals surface area contributed by atoms with Gasteiger partial charge in [-0.05, 0) is 24.9 Å². The Morgan fingerprint density at radius 3 is 1.76 bits per heavy atom. The molecule has 0 radical (unpaired) electrons. The van der Waals surface area contributed by atoms with Crippen molar-refractivity contribution in [2.24, 2.45) is 17.2 Å². The number of nitrogens with one attached hydrogen (secondary N) is 4. The first-order chi connectivity index (χ1) is 17.8. The van der Waals surface area contributed by atoms with Crippen molar-refractivity contribution in [3.05, 3.63) is 0 Å². The summed E-state index contributed by atoms with van der Waals surface area (Å²) >= 11 is 5.47. The van der Waals surface area contributed by atoms with E-state index in [0.29, 0.717) is 12.2 Å². The summed E-state index contributed by atoms with van der Waals surface area (Å²) < 4.78 is 0. The highest BCUT2D eigenvalue weighted by Gasteiger charge is 2.32.